The van der Waals surface area contributed by atoms with Gasteiger partial charge < -0.3 is 13.7 Å². The zero-order chi connectivity index (χ0) is 28.1. The van der Waals surface area contributed by atoms with E-state index in [9.17, 15) is 14.9 Å². The van der Waals surface area contributed by atoms with Crippen molar-refractivity contribution < 1.29 is 18.7 Å². The minimum Gasteiger partial charge on any atom is -0.467 e. The molecule has 3 heterocycles. The fraction of sp³-hybridized carbons (Fsp3) is 0.333. The number of aromatic nitrogens is 1. The van der Waals surface area contributed by atoms with Crippen LogP contribution in [0.2, 0.25) is 5.02 Å². The third-order valence-corrected chi connectivity index (χ3v) is 6.98. The molecule has 9 heteroatoms. The SMILES string of the molecule is Cc1cc(/C=C(\C#N)C(=O)OCC(=O)N2N=C(c3ccc(Cl)cc3)CC2c2ccco2)c(C)n1CCC(C)C. The molecule has 1 aliphatic heterocycles. The van der Waals surface area contributed by atoms with Gasteiger partial charge in [-0.3, -0.25) is 4.79 Å². The number of aryl methyl sites for hydroxylation is 1. The highest BCUT2D eigenvalue weighted by molar-refractivity contribution is 6.30. The first kappa shape index (κ1) is 27.9. The Bertz CT molecular complexity index is 1440. The number of halogens is 1. The third kappa shape index (κ3) is 6.50. The van der Waals surface area contributed by atoms with Crippen molar-refractivity contribution in [3.05, 3.63) is 87.6 Å². The molecule has 1 aliphatic rings. The minimum absolute atomic E-state index is 0.179. The van der Waals surface area contributed by atoms with Gasteiger partial charge in [0.05, 0.1) is 12.0 Å². The van der Waals surface area contributed by atoms with Crippen LogP contribution in [0.25, 0.3) is 6.08 Å². The molecule has 1 atom stereocenters. The number of furan rings is 1. The number of amides is 1. The lowest BCUT2D eigenvalue weighted by molar-refractivity contribution is -0.149. The molecule has 0 fully saturated rings. The number of nitrogens with zero attached hydrogens (tertiary/aromatic N) is 4. The first-order valence-corrected chi connectivity index (χ1v) is 13.2. The van der Waals surface area contributed by atoms with E-state index in [1.54, 1.807) is 24.3 Å². The molecule has 3 aromatic rings. The van der Waals surface area contributed by atoms with Crippen molar-refractivity contribution in [1.29, 1.82) is 5.26 Å². The van der Waals surface area contributed by atoms with Crippen LogP contribution in [0.5, 0.6) is 0 Å². The molecular formula is C30H31ClN4O4. The van der Waals surface area contributed by atoms with Crippen molar-refractivity contribution in [2.45, 2.75) is 53.1 Å². The highest BCUT2D eigenvalue weighted by Gasteiger charge is 2.35. The van der Waals surface area contributed by atoms with Crippen molar-refractivity contribution in [2.24, 2.45) is 11.0 Å². The fourth-order valence-electron chi connectivity index (χ4n) is 4.53. The van der Waals surface area contributed by atoms with Crippen LogP contribution in [0, 0.1) is 31.1 Å². The average Bonchev–Trinajstić information content (AvgIpc) is 3.65. The standard InChI is InChI=1S/C30H31ClN4O4/c1-19(2)11-12-34-20(3)14-23(21(34)4)15-24(17-32)30(37)39-18-29(36)35-27(28-6-5-13-38-28)16-26(33-35)22-7-9-25(31)10-8-22/h5-10,13-15,19,27H,11-12,16,18H2,1-4H3/b24-15+. The molecule has 0 aliphatic carbocycles. The van der Waals surface area contributed by atoms with Crippen LogP contribution in [0.1, 0.15) is 61.0 Å². The number of benzene rings is 1. The van der Waals surface area contributed by atoms with E-state index in [2.05, 4.69) is 23.5 Å². The van der Waals surface area contributed by atoms with E-state index in [4.69, 9.17) is 20.8 Å². The van der Waals surface area contributed by atoms with Crippen molar-refractivity contribution in [3.8, 4) is 6.07 Å². The monoisotopic (exact) mass is 546 g/mol. The topological polar surface area (TPSA) is 101 Å². The molecule has 0 radical (unpaired) electrons. The predicted octanol–water partition coefficient (Wildman–Crippen LogP) is 6.23. The average molecular weight is 547 g/mol. The second-order valence-corrected chi connectivity index (χ2v) is 10.4. The van der Waals surface area contributed by atoms with Crippen LogP contribution in [0.15, 0.2) is 63.8 Å². The molecule has 0 saturated carbocycles. The zero-order valence-corrected chi connectivity index (χ0v) is 23.2. The molecule has 0 saturated heterocycles. The molecule has 0 spiro atoms. The van der Waals surface area contributed by atoms with E-state index < -0.39 is 24.5 Å². The van der Waals surface area contributed by atoms with Crippen LogP contribution in [-0.2, 0) is 20.9 Å². The molecule has 1 unspecified atom stereocenters. The first-order valence-electron chi connectivity index (χ1n) is 12.8. The normalized spacial score (nSPS) is 15.4. The summed E-state index contributed by atoms with van der Waals surface area (Å²) in [6, 6.07) is 14.0. The van der Waals surface area contributed by atoms with E-state index in [-0.39, 0.29) is 5.57 Å². The number of nitriles is 1. The highest BCUT2D eigenvalue weighted by Crippen LogP contribution is 2.33. The molecule has 4 rings (SSSR count). The van der Waals surface area contributed by atoms with Gasteiger partial charge in [-0.25, -0.2) is 9.80 Å². The maximum Gasteiger partial charge on any atom is 0.349 e. The molecule has 1 aromatic carbocycles. The first-order chi connectivity index (χ1) is 18.7. The number of hydrogen-bond donors (Lipinski definition) is 0. The summed E-state index contributed by atoms with van der Waals surface area (Å²) in [5.41, 5.74) is 4.11. The van der Waals surface area contributed by atoms with Gasteiger partial charge >= 0.3 is 5.97 Å². The van der Waals surface area contributed by atoms with Gasteiger partial charge in [-0.05, 0) is 73.7 Å². The van der Waals surface area contributed by atoms with Gasteiger partial charge in [0.15, 0.2) is 6.61 Å². The van der Waals surface area contributed by atoms with E-state index in [1.807, 2.05) is 38.1 Å². The number of rotatable bonds is 9. The van der Waals surface area contributed by atoms with Crippen molar-refractivity contribution in [2.75, 3.05) is 6.61 Å². The number of hydrazone groups is 1. The maximum absolute atomic E-state index is 13.2. The largest absolute Gasteiger partial charge is 0.467 e. The number of ether oxygens (including phenoxy) is 1. The van der Waals surface area contributed by atoms with Crippen LogP contribution in [0.3, 0.4) is 0 Å². The summed E-state index contributed by atoms with van der Waals surface area (Å²) < 4.78 is 13.0. The molecule has 202 valence electrons. The van der Waals surface area contributed by atoms with Gasteiger partial charge in [0.1, 0.15) is 23.4 Å². The summed E-state index contributed by atoms with van der Waals surface area (Å²) in [6.07, 6.45) is 4.48. The lowest BCUT2D eigenvalue weighted by Crippen LogP contribution is -2.31. The van der Waals surface area contributed by atoms with Gasteiger partial charge in [-0.1, -0.05) is 37.6 Å². The fourth-order valence-corrected chi connectivity index (χ4v) is 4.65. The van der Waals surface area contributed by atoms with Crippen LogP contribution >= 0.6 is 11.6 Å². The Kier molecular flexibility index (Phi) is 8.72. The second kappa shape index (κ2) is 12.2. The van der Waals surface area contributed by atoms with Gasteiger partial charge in [-0.2, -0.15) is 10.4 Å². The molecular weight excluding hydrogens is 516 g/mol. The minimum atomic E-state index is -0.867. The van der Waals surface area contributed by atoms with Crippen molar-refractivity contribution in [3.63, 3.8) is 0 Å². The van der Waals surface area contributed by atoms with Gasteiger partial charge in [0, 0.05) is 29.4 Å². The lowest BCUT2D eigenvalue weighted by Gasteiger charge is -2.19. The van der Waals surface area contributed by atoms with E-state index in [0.29, 0.717) is 28.8 Å². The van der Waals surface area contributed by atoms with Crippen LogP contribution < -0.4 is 0 Å². The van der Waals surface area contributed by atoms with E-state index >= 15 is 0 Å². The summed E-state index contributed by atoms with van der Waals surface area (Å²) in [6.45, 7) is 8.58. The molecule has 39 heavy (non-hydrogen) atoms. The quantitative estimate of drug-likeness (QED) is 0.180. The Labute approximate surface area is 233 Å². The Morgan fingerprint density at radius 1 is 1.26 bits per heavy atom. The molecule has 1 amide bonds. The van der Waals surface area contributed by atoms with E-state index in [1.165, 1.54) is 17.3 Å². The number of hydrogen-bond acceptors (Lipinski definition) is 6. The summed E-state index contributed by atoms with van der Waals surface area (Å²) >= 11 is 6.01. The highest BCUT2D eigenvalue weighted by atomic mass is 35.5. The predicted molar refractivity (Wildman–Crippen MR) is 149 cm³/mol. The number of esters is 1. The molecule has 8 nitrogen and oxygen atoms in total. The van der Waals surface area contributed by atoms with Crippen LogP contribution in [0.4, 0.5) is 0 Å². The van der Waals surface area contributed by atoms with Gasteiger partial charge in [0.25, 0.3) is 5.91 Å². The second-order valence-electron chi connectivity index (χ2n) is 9.93. The van der Waals surface area contributed by atoms with Crippen molar-refractivity contribution in [1.82, 2.24) is 9.58 Å². The Morgan fingerprint density at radius 2 is 2.00 bits per heavy atom. The maximum atomic E-state index is 13.2. The summed E-state index contributed by atoms with van der Waals surface area (Å²) in [5.74, 6) is -0.277. The Balaban J connectivity index is 1.48. The van der Waals surface area contributed by atoms with E-state index in [0.717, 1.165) is 35.5 Å². The molecule has 2 aromatic heterocycles. The smallest absolute Gasteiger partial charge is 0.349 e. The number of carbonyl (C=O) groups is 2. The summed E-state index contributed by atoms with van der Waals surface area (Å²) in [5, 5.41) is 16.0. The van der Waals surface area contributed by atoms with Crippen LogP contribution in [-0.4, -0.2) is 33.8 Å². The Hall–Kier alpha value is -4.09. The summed E-state index contributed by atoms with van der Waals surface area (Å²) in [4.78, 5) is 25.9. The van der Waals surface area contributed by atoms with Gasteiger partial charge in [-0.15, -0.1) is 0 Å². The third-order valence-electron chi connectivity index (χ3n) is 6.72. The summed E-state index contributed by atoms with van der Waals surface area (Å²) in [7, 11) is 0. The molecule has 0 N–H and O–H groups in total. The zero-order valence-electron chi connectivity index (χ0n) is 22.5. The van der Waals surface area contributed by atoms with Crippen molar-refractivity contribution >= 4 is 35.3 Å². The Morgan fingerprint density at radius 3 is 2.64 bits per heavy atom. The molecule has 0 bridgehead atoms. The lowest BCUT2D eigenvalue weighted by atomic mass is 10.0. The number of carbonyl (C=O) groups excluding carboxylic acids is 2. The van der Waals surface area contributed by atoms with Gasteiger partial charge in [0.2, 0.25) is 0 Å².